The van der Waals surface area contributed by atoms with Crippen LogP contribution in [0.1, 0.15) is 12.0 Å². The van der Waals surface area contributed by atoms with Crippen LogP contribution < -0.4 is 15.2 Å². The van der Waals surface area contributed by atoms with Gasteiger partial charge in [-0.3, -0.25) is 0 Å². The van der Waals surface area contributed by atoms with Crippen LogP contribution in [0, 0.1) is 0 Å². The number of aliphatic hydroxyl groups excluding tert-OH is 1. The first-order chi connectivity index (χ1) is 9.78. The molecule has 0 saturated carbocycles. The Kier molecular flexibility index (Phi) is 5.26. The van der Waals surface area contributed by atoms with Crippen molar-refractivity contribution in [2.24, 2.45) is 0 Å². The van der Waals surface area contributed by atoms with E-state index in [2.05, 4.69) is 0 Å². The highest BCUT2D eigenvalue weighted by atomic mass is 16.5. The van der Waals surface area contributed by atoms with Gasteiger partial charge in [-0.25, -0.2) is 0 Å². The molecule has 0 unspecified atom stereocenters. The van der Waals surface area contributed by atoms with E-state index in [4.69, 9.17) is 20.3 Å². The monoisotopic (exact) mass is 273 g/mol. The zero-order chi connectivity index (χ0) is 14.2. The van der Waals surface area contributed by atoms with Crippen molar-refractivity contribution in [2.45, 2.75) is 13.0 Å². The topological polar surface area (TPSA) is 64.7 Å². The average Bonchev–Trinajstić information content (AvgIpc) is 2.49. The lowest BCUT2D eigenvalue weighted by atomic mass is 10.2. The van der Waals surface area contributed by atoms with Gasteiger partial charge in [0.1, 0.15) is 11.5 Å². The highest BCUT2D eigenvalue weighted by Crippen LogP contribution is 2.15. The normalized spacial score (nSPS) is 10.2. The fourth-order valence-corrected chi connectivity index (χ4v) is 1.74. The number of nitrogens with two attached hydrogens (primary N) is 1. The summed E-state index contributed by atoms with van der Waals surface area (Å²) in [5.74, 6) is 1.57. The molecular formula is C16H19NO3. The van der Waals surface area contributed by atoms with Gasteiger partial charge in [0, 0.05) is 12.1 Å². The van der Waals surface area contributed by atoms with Crippen molar-refractivity contribution in [1.29, 1.82) is 0 Å². The molecule has 0 saturated heterocycles. The minimum absolute atomic E-state index is 0.0252. The Morgan fingerprint density at radius 1 is 0.900 bits per heavy atom. The van der Waals surface area contributed by atoms with Gasteiger partial charge in [-0.05, 0) is 42.0 Å². The minimum Gasteiger partial charge on any atom is -0.493 e. The summed E-state index contributed by atoms with van der Waals surface area (Å²) < 4.78 is 11.2. The van der Waals surface area contributed by atoms with E-state index in [1.165, 1.54) is 0 Å². The van der Waals surface area contributed by atoms with Gasteiger partial charge in [0.25, 0.3) is 0 Å². The number of aliphatic hydroxyl groups is 1. The summed E-state index contributed by atoms with van der Waals surface area (Å²) >= 11 is 0. The van der Waals surface area contributed by atoms with Crippen LogP contribution in [-0.2, 0) is 6.61 Å². The van der Waals surface area contributed by atoms with E-state index in [1.807, 2.05) is 48.5 Å². The third kappa shape index (κ3) is 4.48. The first kappa shape index (κ1) is 14.2. The van der Waals surface area contributed by atoms with Gasteiger partial charge < -0.3 is 20.3 Å². The molecule has 0 aliphatic rings. The maximum Gasteiger partial charge on any atom is 0.119 e. The molecule has 0 atom stereocenters. The fourth-order valence-electron chi connectivity index (χ4n) is 1.74. The van der Waals surface area contributed by atoms with Crippen LogP contribution in [0.3, 0.4) is 0 Å². The molecule has 0 aliphatic carbocycles. The second-order valence-electron chi connectivity index (χ2n) is 4.43. The molecule has 2 rings (SSSR count). The van der Waals surface area contributed by atoms with Crippen molar-refractivity contribution < 1.29 is 14.6 Å². The molecule has 0 aliphatic heterocycles. The van der Waals surface area contributed by atoms with Gasteiger partial charge in [-0.1, -0.05) is 12.1 Å². The summed E-state index contributed by atoms with van der Waals surface area (Å²) in [6.07, 6.45) is 0.785. The first-order valence-corrected chi connectivity index (χ1v) is 6.59. The zero-order valence-corrected chi connectivity index (χ0v) is 11.3. The predicted octanol–water partition coefficient (Wildman–Crippen LogP) is 2.61. The van der Waals surface area contributed by atoms with Crippen molar-refractivity contribution in [2.75, 3.05) is 18.9 Å². The molecule has 2 aromatic rings. The van der Waals surface area contributed by atoms with Gasteiger partial charge >= 0.3 is 0 Å². The number of hydrogen-bond acceptors (Lipinski definition) is 4. The van der Waals surface area contributed by atoms with Crippen molar-refractivity contribution in [3.63, 3.8) is 0 Å². The number of nitrogen functional groups attached to an aromatic ring is 1. The number of rotatable bonds is 7. The summed E-state index contributed by atoms with van der Waals surface area (Å²) in [7, 11) is 0. The van der Waals surface area contributed by atoms with E-state index in [-0.39, 0.29) is 6.61 Å². The number of benzene rings is 2. The van der Waals surface area contributed by atoms with E-state index < -0.39 is 0 Å². The van der Waals surface area contributed by atoms with Crippen LogP contribution in [0.4, 0.5) is 5.69 Å². The van der Waals surface area contributed by atoms with E-state index >= 15 is 0 Å². The van der Waals surface area contributed by atoms with Crippen molar-refractivity contribution >= 4 is 5.69 Å². The average molecular weight is 273 g/mol. The second-order valence-corrected chi connectivity index (χ2v) is 4.43. The molecule has 4 nitrogen and oxygen atoms in total. The maximum atomic E-state index is 9.03. The molecule has 3 N–H and O–H groups in total. The second kappa shape index (κ2) is 7.40. The van der Waals surface area contributed by atoms with Gasteiger partial charge in [-0.15, -0.1) is 0 Å². The molecule has 106 valence electrons. The van der Waals surface area contributed by atoms with Crippen LogP contribution >= 0.6 is 0 Å². The molecule has 0 amide bonds. The van der Waals surface area contributed by atoms with Crippen molar-refractivity contribution in [3.8, 4) is 11.5 Å². The largest absolute Gasteiger partial charge is 0.493 e. The molecule has 0 heterocycles. The maximum absolute atomic E-state index is 9.03. The summed E-state index contributed by atoms with van der Waals surface area (Å²) in [4.78, 5) is 0. The Morgan fingerprint density at radius 2 is 1.60 bits per heavy atom. The smallest absolute Gasteiger partial charge is 0.119 e. The Hall–Kier alpha value is -2.20. The standard InChI is InChI=1S/C16H19NO3/c17-14-5-7-15(8-6-14)19-9-2-10-20-16-4-1-3-13(11-16)12-18/h1,3-8,11,18H,2,9-10,12,17H2. The predicted molar refractivity (Wildman–Crippen MR) is 78.8 cm³/mol. The third-order valence-electron chi connectivity index (χ3n) is 2.79. The molecule has 0 aromatic heterocycles. The van der Waals surface area contributed by atoms with Crippen LogP contribution in [0.15, 0.2) is 48.5 Å². The highest BCUT2D eigenvalue weighted by molar-refractivity contribution is 5.41. The number of hydrogen-bond donors (Lipinski definition) is 2. The Balaban J connectivity index is 1.67. The first-order valence-electron chi connectivity index (χ1n) is 6.59. The minimum atomic E-state index is 0.0252. The van der Waals surface area contributed by atoms with Crippen LogP contribution in [-0.4, -0.2) is 18.3 Å². The van der Waals surface area contributed by atoms with E-state index in [0.717, 1.165) is 29.2 Å². The highest BCUT2D eigenvalue weighted by Gasteiger charge is 1.97. The summed E-state index contributed by atoms with van der Waals surface area (Å²) in [6, 6.07) is 14.8. The molecule has 2 aromatic carbocycles. The Bertz CT molecular complexity index is 526. The Labute approximate surface area is 118 Å². The molecule has 4 heteroatoms. The summed E-state index contributed by atoms with van der Waals surface area (Å²) in [5.41, 5.74) is 7.17. The lowest BCUT2D eigenvalue weighted by molar-refractivity contribution is 0.246. The SMILES string of the molecule is Nc1ccc(OCCCOc2cccc(CO)c2)cc1. The molecule has 0 bridgehead atoms. The number of ether oxygens (including phenoxy) is 2. The Morgan fingerprint density at radius 3 is 2.30 bits per heavy atom. The van der Waals surface area contributed by atoms with Crippen LogP contribution in [0.2, 0.25) is 0 Å². The summed E-state index contributed by atoms with van der Waals surface area (Å²) in [5, 5.41) is 9.03. The van der Waals surface area contributed by atoms with E-state index in [0.29, 0.717) is 13.2 Å². The lowest BCUT2D eigenvalue weighted by Gasteiger charge is -2.09. The zero-order valence-electron chi connectivity index (χ0n) is 11.3. The van der Waals surface area contributed by atoms with Gasteiger partial charge in [0.05, 0.1) is 19.8 Å². The molecular weight excluding hydrogens is 254 g/mol. The van der Waals surface area contributed by atoms with Crippen molar-refractivity contribution in [3.05, 3.63) is 54.1 Å². The van der Waals surface area contributed by atoms with Gasteiger partial charge in [0.15, 0.2) is 0 Å². The van der Waals surface area contributed by atoms with Crippen molar-refractivity contribution in [1.82, 2.24) is 0 Å². The van der Waals surface area contributed by atoms with E-state index in [1.54, 1.807) is 0 Å². The molecule has 0 fully saturated rings. The van der Waals surface area contributed by atoms with Gasteiger partial charge in [0.2, 0.25) is 0 Å². The lowest BCUT2D eigenvalue weighted by Crippen LogP contribution is -2.05. The molecule has 0 radical (unpaired) electrons. The number of anilines is 1. The molecule has 20 heavy (non-hydrogen) atoms. The van der Waals surface area contributed by atoms with Gasteiger partial charge in [-0.2, -0.15) is 0 Å². The molecule has 0 spiro atoms. The fraction of sp³-hybridized carbons (Fsp3) is 0.250. The quantitative estimate of drug-likeness (QED) is 0.601. The van der Waals surface area contributed by atoms with Crippen LogP contribution in [0.5, 0.6) is 11.5 Å². The van der Waals surface area contributed by atoms with Crippen LogP contribution in [0.25, 0.3) is 0 Å². The van der Waals surface area contributed by atoms with E-state index in [9.17, 15) is 0 Å². The summed E-state index contributed by atoms with van der Waals surface area (Å²) in [6.45, 7) is 1.19. The third-order valence-corrected chi connectivity index (χ3v) is 2.79.